The van der Waals surface area contributed by atoms with Crippen molar-refractivity contribution in [3.05, 3.63) is 22.8 Å². The monoisotopic (exact) mass is 316 g/mol. The Morgan fingerprint density at radius 3 is 2.81 bits per heavy atom. The van der Waals surface area contributed by atoms with Gasteiger partial charge < -0.3 is 4.90 Å². The molecule has 0 radical (unpaired) electrons. The summed E-state index contributed by atoms with van der Waals surface area (Å²) in [6.07, 6.45) is 1.76. The van der Waals surface area contributed by atoms with E-state index in [1.54, 1.807) is 17.5 Å². The van der Waals surface area contributed by atoms with E-state index < -0.39 is 0 Å². The summed E-state index contributed by atoms with van der Waals surface area (Å²) >= 11 is 6.52. The summed E-state index contributed by atoms with van der Waals surface area (Å²) in [5.41, 5.74) is 0. The van der Waals surface area contributed by atoms with E-state index in [9.17, 15) is 0 Å². The summed E-state index contributed by atoms with van der Waals surface area (Å²) in [4.78, 5) is 6.21. The third-order valence-electron chi connectivity index (χ3n) is 1.69. The molecule has 0 unspecified atom stereocenters. The fourth-order valence-electron chi connectivity index (χ4n) is 0.953. The van der Waals surface area contributed by atoms with E-state index in [0.717, 1.165) is 19.0 Å². The van der Waals surface area contributed by atoms with E-state index in [0.29, 0.717) is 0 Å². The summed E-state index contributed by atoms with van der Waals surface area (Å²) in [6.45, 7) is 0. The van der Waals surface area contributed by atoms with Gasteiger partial charge in [0.1, 0.15) is 5.03 Å². The van der Waals surface area contributed by atoms with Gasteiger partial charge in [0, 0.05) is 20.3 Å². The lowest BCUT2D eigenvalue weighted by Gasteiger charge is -2.03. The Balaban J connectivity index is 2.18. The summed E-state index contributed by atoms with van der Waals surface area (Å²) in [5, 5.41) is 9.98. The van der Waals surface area contributed by atoms with Crippen molar-refractivity contribution in [2.75, 3.05) is 19.0 Å². The minimum absolute atomic E-state index is 0.892. The van der Waals surface area contributed by atoms with Crippen LogP contribution in [-0.2, 0) is 0 Å². The van der Waals surface area contributed by atoms with Crippen LogP contribution in [0.15, 0.2) is 32.2 Å². The lowest BCUT2D eigenvalue weighted by atomic mass is 10.5. The Kier molecular flexibility index (Phi) is 3.78. The molecule has 7 heteroatoms. The molecule has 0 atom stereocenters. The fraction of sp³-hybridized carbons (Fsp3) is 0.222. The number of hydrogen-bond donors (Lipinski definition) is 0. The van der Waals surface area contributed by atoms with Crippen LogP contribution in [-0.4, -0.2) is 29.3 Å². The zero-order valence-electron chi connectivity index (χ0n) is 8.72. The minimum atomic E-state index is 0.892. The van der Waals surface area contributed by atoms with Crippen molar-refractivity contribution in [1.29, 1.82) is 0 Å². The first-order chi connectivity index (χ1) is 7.66. The van der Waals surface area contributed by atoms with Gasteiger partial charge in [0.25, 0.3) is 0 Å². The van der Waals surface area contributed by atoms with Crippen LogP contribution in [0.4, 0.5) is 5.13 Å². The van der Waals surface area contributed by atoms with Gasteiger partial charge in [0.2, 0.25) is 5.13 Å². The molecule has 0 aliphatic heterocycles. The normalized spacial score (nSPS) is 10.4. The van der Waals surface area contributed by atoms with E-state index in [4.69, 9.17) is 0 Å². The van der Waals surface area contributed by atoms with Crippen LogP contribution >= 0.6 is 39.0 Å². The SMILES string of the molecule is CN(C)c1nnc(Sc2ncccc2Br)s1. The molecule has 0 saturated heterocycles. The molecule has 16 heavy (non-hydrogen) atoms. The maximum atomic E-state index is 4.27. The lowest BCUT2D eigenvalue weighted by molar-refractivity contribution is 0.970. The average Bonchev–Trinajstić information content (AvgIpc) is 2.70. The molecule has 0 aromatic carbocycles. The van der Waals surface area contributed by atoms with Gasteiger partial charge in [-0.25, -0.2) is 4.98 Å². The Labute approximate surface area is 110 Å². The molecule has 4 nitrogen and oxygen atoms in total. The molecule has 2 aromatic heterocycles. The Hall–Kier alpha value is -0.660. The first kappa shape index (κ1) is 11.8. The Morgan fingerprint density at radius 1 is 1.38 bits per heavy atom. The number of rotatable bonds is 3. The highest BCUT2D eigenvalue weighted by molar-refractivity contribution is 9.10. The second kappa shape index (κ2) is 5.11. The van der Waals surface area contributed by atoms with Gasteiger partial charge >= 0.3 is 0 Å². The first-order valence-corrected chi connectivity index (χ1v) is 6.88. The highest BCUT2D eigenvalue weighted by Gasteiger charge is 2.09. The first-order valence-electron chi connectivity index (χ1n) is 4.46. The standard InChI is InChI=1S/C9H9BrN4S2/c1-14(2)8-12-13-9(16-8)15-7-6(10)4-3-5-11-7/h3-5H,1-2H3. The van der Waals surface area contributed by atoms with Crippen LogP contribution in [0, 0.1) is 0 Å². The summed E-state index contributed by atoms with van der Waals surface area (Å²) in [5.74, 6) is 0. The molecule has 0 N–H and O–H groups in total. The maximum Gasteiger partial charge on any atom is 0.208 e. The molecule has 0 amide bonds. The van der Waals surface area contributed by atoms with Gasteiger partial charge in [0.15, 0.2) is 4.34 Å². The van der Waals surface area contributed by atoms with Crippen LogP contribution in [0.3, 0.4) is 0 Å². The number of halogens is 1. The largest absolute Gasteiger partial charge is 0.353 e. The topological polar surface area (TPSA) is 41.9 Å². The zero-order valence-corrected chi connectivity index (χ0v) is 11.9. The molecule has 0 bridgehead atoms. The van der Waals surface area contributed by atoms with Crippen LogP contribution < -0.4 is 4.90 Å². The fourth-order valence-corrected chi connectivity index (χ4v) is 3.11. The van der Waals surface area contributed by atoms with Crippen molar-refractivity contribution in [1.82, 2.24) is 15.2 Å². The van der Waals surface area contributed by atoms with Gasteiger partial charge in [0.05, 0.1) is 4.47 Å². The van der Waals surface area contributed by atoms with Crippen LogP contribution in [0.25, 0.3) is 0 Å². The number of pyridine rings is 1. The van der Waals surface area contributed by atoms with Crippen molar-refractivity contribution in [2.24, 2.45) is 0 Å². The van der Waals surface area contributed by atoms with Crippen molar-refractivity contribution in [2.45, 2.75) is 9.37 Å². The van der Waals surface area contributed by atoms with Crippen LogP contribution in [0.5, 0.6) is 0 Å². The quantitative estimate of drug-likeness (QED) is 0.871. The Morgan fingerprint density at radius 2 is 2.19 bits per heavy atom. The second-order valence-corrected chi connectivity index (χ2v) is 6.18. The second-order valence-electron chi connectivity index (χ2n) is 3.14. The van der Waals surface area contributed by atoms with Crippen molar-refractivity contribution in [3.63, 3.8) is 0 Å². The number of anilines is 1. The molecule has 0 aliphatic rings. The van der Waals surface area contributed by atoms with Gasteiger partial charge in [-0.05, 0) is 39.8 Å². The highest BCUT2D eigenvalue weighted by atomic mass is 79.9. The zero-order chi connectivity index (χ0) is 11.5. The average molecular weight is 317 g/mol. The molecule has 84 valence electrons. The van der Waals surface area contributed by atoms with Crippen molar-refractivity contribution < 1.29 is 0 Å². The number of aromatic nitrogens is 3. The van der Waals surface area contributed by atoms with Gasteiger partial charge in [-0.2, -0.15) is 0 Å². The summed E-state index contributed by atoms with van der Waals surface area (Å²) < 4.78 is 1.87. The maximum absolute atomic E-state index is 4.27. The van der Waals surface area contributed by atoms with Crippen molar-refractivity contribution >= 4 is 44.2 Å². The van der Waals surface area contributed by atoms with E-state index in [1.165, 1.54) is 11.8 Å². The third kappa shape index (κ3) is 2.72. The molecule has 2 heterocycles. The van der Waals surface area contributed by atoms with Gasteiger partial charge in [-0.3, -0.25) is 0 Å². The predicted octanol–water partition coefficient (Wildman–Crippen LogP) is 2.91. The lowest BCUT2D eigenvalue weighted by Crippen LogP contribution is -2.07. The predicted molar refractivity (Wildman–Crippen MR) is 70.3 cm³/mol. The molecule has 0 saturated carbocycles. The summed E-state index contributed by atoms with van der Waals surface area (Å²) in [6, 6.07) is 3.85. The van der Waals surface area contributed by atoms with Crippen LogP contribution in [0.2, 0.25) is 0 Å². The van der Waals surface area contributed by atoms with Gasteiger partial charge in [-0.1, -0.05) is 11.3 Å². The molecular formula is C9H9BrN4S2. The molecule has 0 fully saturated rings. The molecule has 2 aromatic rings. The Bertz CT molecular complexity index is 486. The van der Waals surface area contributed by atoms with E-state index in [1.807, 2.05) is 31.1 Å². The van der Waals surface area contributed by atoms with Crippen LogP contribution in [0.1, 0.15) is 0 Å². The smallest absolute Gasteiger partial charge is 0.208 e. The van der Waals surface area contributed by atoms with E-state index >= 15 is 0 Å². The van der Waals surface area contributed by atoms with E-state index in [-0.39, 0.29) is 0 Å². The molecule has 2 rings (SSSR count). The number of hydrogen-bond acceptors (Lipinski definition) is 6. The molecule has 0 aliphatic carbocycles. The number of nitrogens with zero attached hydrogens (tertiary/aromatic N) is 4. The highest BCUT2D eigenvalue weighted by Crippen LogP contribution is 2.34. The molecule has 0 spiro atoms. The molecular weight excluding hydrogens is 308 g/mol. The van der Waals surface area contributed by atoms with Crippen molar-refractivity contribution in [3.8, 4) is 0 Å². The summed E-state index contributed by atoms with van der Waals surface area (Å²) in [7, 11) is 3.90. The van der Waals surface area contributed by atoms with Gasteiger partial charge in [-0.15, -0.1) is 10.2 Å². The van der Waals surface area contributed by atoms with E-state index in [2.05, 4.69) is 31.1 Å². The minimum Gasteiger partial charge on any atom is -0.353 e. The third-order valence-corrected chi connectivity index (χ3v) is 4.75.